The molecule has 1 aromatic rings. The van der Waals surface area contributed by atoms with E-state index in [1.54, 1.807) is 0 Å². The van der Waals surface area contributed by atoms with E-state index in [0.717, 1.165) is 26.1 Å². The van der Waals surface area contributed by atoms with Crippen molar-refractivity contribution in [2.75, 3.05) is 13.1 Å². The molecule has 1 N–H and O–H groups in total. The standard InChI is InChI=1S/C18H28N2O/c1-13(2)18(21)19-17-9-15(4)10-20(12-17)11-16-7-5-6-14(3)8-16/h5-8,13,15,17H,9-12H2,1-4H3,(H,19,21). The number of carbonyl (C=O) groups is 1. The number of likely N-dealkylation sites (tertiary alicyclic amines) is 1. The van der Waals surface area contributed by atoms with E-state index >= 15 is 0 Å². The van der Waals surface area contributed by atoms with Crippen molar-refractivity contribution < 1.29 is 4.79 Å². The molecule has 1 amide bonds. The number of benzene rings is 1. The van der Waals surface area contributed by atoms with Crippen molar-refractivity contribution in [3.8, 4) is 0 Å². The molecule has 0 bridgehead atoms. The molecule has 2 atom stereocenters. The second-order valence-corrected chi connectivity index (χ2v) is 6.88. The molecule has 0 aromatic heterocycles. The summed E-state index contributed by atoms with van der Waals surface area (Å²) in [6.07, 6.45) is 1.09. The molecule has 0 saturated carbocycles. The minimum atomic E-state index is 0.0625. The molecule has 2 unspecified atom stereocenters. The van der Waals surface area contributed by atoms with Crippen molar-refractivity contribution in [1.29, 1.82) is 0 Å². The maximum Gasteiger partial charge on any atom is 0.222 e. The van der Waals surface area contributed by atoms with Gasteiger partial charge in [0.2, 0.25) is 5.91 Å². The Kier molecular flexibility index (Phi) is 5.40. The van der Waals surface area contributed by atoms with Crippen LogP contribution in [0, 0.1) is 18.8 Å². The second-order valence-electron chi connectivity index (χ2n) is 6.88. The average Bonchev–Trinajstić information content (AvgIpc) is 2.37. The van der Waals surface area contributed by atoms with Gasteiger partial charge in [-0.15, -0.1) is 0 Å². The van der Waals surface area contributed by atoms with E-state index < -0.39 is 0 Å². The zero-order chi connectivity index (χ0) is 15.4. The number of piperidine rings is 1. The third kappa shape index (κ3) is 4.85. The Balaban J connectivity index is 1.95. The molecule has 0 aliphatic carbocycles. The number of nitrogens with zero attached hydrogens (tertiary/aromatic N) is 1. The highest BCUT2D eigenvalue weighted by Gasteiger charge is 2.26. The van der Waals surface area contributed by atoms with Gasteiger partial charge >= 0.3 is 0 Å². The fourth-order valence-corrected chi connectivity index (χ4v) is 3.13. The van der Waals surface area contributed by atoms with Gasteiger partial charge in [-0.2, -0.15) is 0 Å². The van der Waals surface area contributed by atoms with E-state index in [1.165, 1.54) is 11.1 Å². The normalized spacial score (nSPS) is 23.3. The predicted molar refractivity (Wildman–Crippen MR) is 87.0 cm³/mol. The summed E-state index contributed by atoms with van der Waals surface area (Å²) in [7, 11) is 0. The lowest BCUT2D eigenvalue weighted by Gasteiger charge is -2.37. The summed E-state index contributed by atoms with van der Waals surface area (Å²) in [6, 6.07) is 8.98. The first-order chi connectivity index (χ1) is 9.94. The van der Waals surface area contributed by atoms with Crippen molar-refractivity contribution in [3.05, 3.63) is 35.4 Å². The fraction of sp³-hybridized carbons (Fsp3) is 0.611. The minimum absolute atomic E-state index is 0.0625. The highest BCUT2D eigenvalue weighted by molar-refractivity contribution is 5.78. The molecule has 3 heteroatoms. The van der Waals surface area contributed by atoms with E-state index in [-0.39, 0.29) is 17.9 Å². The first-order valence-corrected chi connectivity index (χ1v) is 8.02. The summed E-state index contributed by atoms with van der Waals surface area (Å²) in [5.41, 5.74) is 2.67. The van der Waals surface area contributed by atoms with Crippen LogP contribution in [-0.4, -0.2) is 29.9 Å². The summed E-state index contributed by atoms with van der Waals surface area (Å²) in [6.45, 7) is 11.3. The molecule has 1 fully saturated rings. The van der Waals surface area contributed by atoms with Gasteiger partial charge in [-0.1, -0.05) is 50.6 Å². The molecule has 1 aliphatic rings. The second kappa shape index (κ2) is 7.08. The van der Waals surface area contributed by atoms with Crippen LogP contribution in [-0.2, 0) is 11.3 Å². The van der Waals surface area contributed by atoms with Gasteiger partial charge in [0.1, 0.15) is 0 Å². The van der Waals surface area contributed by atoms with Crippen LogP contribution in [0.5, 0.6) is 0 Å². The Labute approximate surface area is 128 Å². The van der Waals surface area contributed by atoms with E-state index in [2.05, 4.69) is 48.3 Å². The summed E-state index contributed by atoms with van der Waals surface area (Å²) >= 11 is 0. The first kappa shape index (κ1) is 16.0. The third-order valence-electron chi connectivity index (χ3n) is 4.09. The maximum atomic E-state index is 11.9. The number of hydrogen-bond donors (Lipinski definition) is 1. The van der Waals surface area contributed by atoms with E-state index in [9.17, 15) is 4.79 Å². The minimum Gasteiger partial charge on any atom is -0.352 e. The monoisotopic (exact) mass is 288 g/mol. The molecular weight excluding hydrogens is 260 g/mol. The van der Waals surface area contributed by atoms with Crippen LogP contribution in [0.4, 0.5) is 0 Å². The highest BCUT2D eigenvalue weighted by Crippen LogP contribution is 2.19. The molecular formula is C18H28N2O. The van der Waals surface area contributed by atoms with Crippen LogP contribution >= 0.6 is 0 Å². The number of amides is 1. The third-order valence-corrected chi connectivity index (χ3v) is 4.09. The first-order valence-electron chi connectivity index (χ1n) is 8.02. The largest absolute Gasteiger partial charge is 0.352 e. The smallest absolute Gasteiger partial charge is 0.222 e. The molecule has 116 valence electrons. The number of aryl methyl sites for hydroxylation is 1. The highest BCUT2D eigenvalue weighted by atomic mass is 16.1. The Hall–Kier alpha value is -1.35. The molecule has 21 heavy (non-hydrogen) atoms. The quantitative estimate of drug-likeness (QED) is 0.924. The van der Waals surface area contributed by atoms with Crippen LogP contribution in [0.25, 0.3) is 0 Å². The number of carbonyl (C=O) groups excluding carboxylic acids is 1. The van der Waals surface area contributed by atoms with E-state index in [1.807, 2.05) is 13.8 Å². The van der Waals surface area contributed by atoms with Crippen molar-refractivity contribution in [3.63, 3.8) is 0 Å². The number of hydrogen-bond acceptors (Lipinski definition) is 2. The van der Waals surface area contributed by atoms with Crippen molar-refractivity contribution in [1.82, 2.24) is 10.2 Å². The van der Waals surface area contributed by atoms with Crippen molar-refractivity contribution in [2.45, 2.75) is 46.7 Å². The Morgan fingerprint density at radius 3 is 2.81 bits per heavy atom. The van der Waals surface area contributed by atoms with Crippen molar-refractivity contribution >= 4 is 5.91 Å². The van der Waals surface area contributed by atoms with Gasteiger partial charge in [-0.05, 0) is 24.8 Å². The fourth-order valence-electron chi connectivity index (χ4n) is 3.13. The zero-order valence-electron chi connectivity index (χ0n) is 13.7. The van der Waals surface area contributed by atoms with Crippen LogP contribution in [0.2, 0.25) is 0 Å². The SMILES string of the molecule is Cc1cccc(CN2CC(C)CC(NC(=O)C(C)C)C2)c1. The Bertz CT molecular complexity index is 484. The average molecular weight is 288 g/mol. The summed E-state index contributed by atoms with van der Waals surface area (Å²) in [5, 5.41) is 3.20. The molecule has 1 heterocycles. The summed E-state index contributed by atoms with van der Waals surface area (Å²) in [5.74, 6) is 0.859. The molecule has 1 aromatic carbocycles. The van der Waals surface area contributed by atoms with Gasteiger partial charge in [-0.25, -0.2) is 0 Å². The van der Waals surface area contributed by atoms with Gasteiger partial charge in [0.15, 0.2) is 0 Å². The number of nitrogens with one attached hydrogen (secondary N) is 1. The molecule has 0 radical (unpaired) electrons. The molecule has 0 spiro atoms. The van der Waals surface area contributed by atoms with Gasteiger partial charge in [-0.3, -0.25) is 9.69 Å². The van der Waals surface area contributed by atoms with Gasteiger partial charge in [0, 0.05) is 31.6 Å². The van der Waals surface area contributed by atoms with Gasteiger partial charge in [0.25, 0.3) is 0 Å². The molecule has 2 rings (SSSR count). The van der Waals surface area contributed by atoms with Crippen molar-refractivity contribution in [2.24, 2.45) is 11.8 Å². The predicted octanol–water partition coefficient (Wildman–Crippen LogP) is 2.98. The Morgan fingerprint density at radius 2 is 2.14 bits per heavy atom. The molecule has 1 saturated heterocycles. The lowest BCUT2D eigenvalue weighted by atomic mass is 9.95. The topological polar surface area (TPSA) is 32.3 Å². The van der Waals surface area contributed by atoms with Gasteiger partial charge < -0.3 is 5.32 Å². The van der Waals surface area contributed by atoms with Crippen LogP contribution in [0.3, 0.4) is 0 Å². The Morgan fingerprint density at radius 1 is 1.38 bits per heavy atom. The van der Waals surface area contributed by atoms with E-state index in [0.29, 0.717) is 5.92 Å². The lowest BCUT2D eigenvalue weighted by molar-refractivity contribution is -0.125. The molecule has 3 nitrogen and oxygen atoms in total. The summed E-state index contributed by atoms with van der Waals surface area (Å²) in [4.78, 5) is 14.4. The van der Waals surface area contributed by atoms with Crippen LogP contribution in [0.15, 0.2) is 24.3 Å². The zero-order valence-corrected chi connectivity index (χ0v) is 13.7. The number of rotatable bonds is 4. The van der Waals surface area contributed by atoms with Crippen LogP contribution in [0.1, 0.15) is 38.3 Å². The summed E-state index contributed by atoms with van der Waals surface area (Å²) < 4.78 is 0. The van der Waals surface area contributed by atoms with Gasteiger partial charge in [0.05, 0.1) is 0 Å². The van der Waals surface area contributed by atoms with E-state index in [4.69, 9.17) is 0 Å². The van der Waals surface area contributed by atoms with Crippen LogP contribution < -0.4 is 5.32 Å². The maximum absolute atomic E-state index is 11.9. The molecule has 1 aliphatic heterocycles. The lowest BCUT2D eigenvalue weighted by Crippen LogP contribution is -2.50.